The van der Waals surface area contributed by atoms with Gasteiger partial charge in [-0.25, -0.2) is 4.98 Å². The molecular weight excluding hydrogens is 241 g/mol. The Balaban J connectivity index is 3.11. The van der Waals surface area contributed by atoms with Crippen molar-refractivity contribution in [3.8, 4) is 11.8 Å². The van der Waals surface area contributed by atoms with Crippen LogP contribution in [0.1, 0.15) is 11.4 Å². The summed E-state index contributed by atoms with van der Waals surface area (Å²) in [6, 6.07) is 3.45. The predicted molar refractivity (Wildman–Crippen MR) is 47.0 cm³/mol. The molecule has 1 heterocycles. The van der Waals surface area contributed by atoms with Crippen molar-refractivity contribution in [2.75, 3.05) is 0 Å². The molecule has 0 spiro atoms. The molecule has 0 saturated carbocycles. The molecule has 0 aliphatic carbocycles. The lowest BCUT2D eigenvalue weighted by atomic mass is 10.2. The van der Waals surface area contributed by atoms with Gasteiger partial charge in [0.1, 0.15) is 11.8 Å². The average Bonchev–Trinajstić information content (AvgIpc) is 2.17. The van der Waals surface area contributed by atoms with Gasteiger partial charge in [-0.05, 0) is 12.1 Å². The summed E-state index contributed by atoms with van der Waals surface area (Å²) >= 11 is 0. The summed E-state index contributed by atoms with van der Waals surface area (Å²) in [7, 11) is 0. The maximum absolute atomic E-state index is 12.0. The van der Waals surface area contributed by atoms with Crippen LogP contribution in [0.3, 0.4) is 0 Å². The van der Waals surface area contributed by atoms with Gasteiger partial charge in [0.15, 0.2) is 5.75 Å². The number of aliphatic carboxylic acids is 1. The molecule has 1 aromatic heterocycles. The van der Waals surface area contributed by atoms with Crippen LogP contribution in [0.5, 0.6) is 5.75 Å². The lowest BCUT2D eigenvalue weighted by molar-refractivity contribution is -0.275. The first-order valence-electron chi connectivity index (χ1n) is 4.19. The molecule has 0 aromatic carbocycles. The van der Waals surface area contributed by atoms with Crippen LogP contribution in [0.15, 0.2) is 12.1 Å². The summed E-state index contributed by atoms with van der Waals surface area (Å²) in [6.45, 7) is 0. The number of pyridine rings is 1. The fourth-order valence-corrected chi connectivity index (χ4v) is 1.04. The first kappa shape index (κ1) is 12.8. The molecule has 0 radical (unpaired) electrons. The molecule has 1 rings (SSSR count). The largest absolute Gasteiger partial charge is 0.573 e. The smallest absolute Gasteiger partial charge is 0.481 e. The van der Waals surface area contributed by atoms with E-state index in [1.54, 1.807) is 6.07 Å². The molecular formula is C9H5F3N2O3. The van der Waals surface area contributed by atoms with E-state index >= 15 is 0 Å². The minimum atomic E-state index is -4.94. The van der Waals surface area contributed by atoms with Gasteiger partial charge in [-0.2, -0.15) is 5.26 Å². The second kappa shape index (κ2) is 4.69. The van der Waals surface area contributed by atoms with Gasteiger partial charge in [0.25, 0.3) is 0 Å². The third-order valence-electron chi connectivity index (χ3n) is 1.59. The normalized spacial score (nSPS) is 10.7. The minimum Gasteiger partial charge on any atom is -0.481 e. The number of nitriles is 1. The first-order chi connectivity index (χ1) is 7.81. The number of halogens is 3. The summed E-state index contributed by atoms with van der Waals surface area (Å²) in [5, 5.41) is 17.0. The number of carbonyl (C=O) groups is 1. The number of carboxylic acid groups (broad SMARTS) is 1. The van der Waals surface area contributed by atoms with E-state index in [-0.39, 0.29) is 5.69 Å². The van der Waals surface area contributed by atoms with Gasteiger partial charge in [0.2, 0.25) is 0 Å². The topological polar surface area (TPSA) is 83.2 Å². The van der Waals surface area contributed by atoms with Gasteiger partial charge in [0, 0.05) is 0 Å². The lowest BCUT2D eigenvalue weighted by Crippen LogP contribution is -2.19. The summed E-state index contributed by atoms with van der Waals surface area (Å²) < 4.78 is 39.5. The van der Waals surface area contributed by atoms with Crippen molar-refractivity contribution in [3.05, 3.63) is 23.5 Å². The Hall–Kier alpha value is -2.30. The first-order valence-corrected chi connectivity index (χ1v) is 4.19. The third kappa shape index (κ3) is 3.98. The van der Waals surface area contributed by atoms with Gasteiger partial charge < -0.3 is 9.84 Å². The number of alkyl halides is 3. The van der Waals surface area contributed by atoms with Crippen LogP contribution in [0.25, 0.3) is 0 Å². The van der Waals surface area contributed by atoms with Crippen LogP contribution in [-0.2, 0) is 11.2 Å². The highest BCUT2D eigenvalue weighted by molar-refractivity contribution is 5.70. The van der Waals surface area contributed by atoms with Crippen molar-refractivity contribution in [1.82, 2.24) is 4.98 Å². The molecule has 0 fully saturated rings. The Kier molecular flexibility index (Phi) is 3.52. The van der Waals surface area contributed by atoms with E-state index < -0.39 is 30.2 Å². The Morgan fingerprint density at radius 3 is 2.65 bits per heavy atom. The number of carboxylic acids is 1. The number of aromatic nitrogens is 1. The van der Waals surface area contributed by atoms with Gasteiger partial charge in [0.05, 0.1) is 12.1 Å². The molecule has 1 aromatic rings. The molecule has 0 saturated heterocycles. The maximum Gasteiger partial charge on any atom is 0.573 e. The van der Waals surface area contributed by atoms with Crippen molar-refractivity contribution in [2.45, 2.75) is 12.8 Å². The number of rotatable bonds is 3. The quantitative estimate of drug-likeness (QED) is 0.873. The molecule has 1 N–H and O–H groups in total. The summed E-state index contributed by atoms with van der Waals surface area (Å²) in [5.74, 6) is -2.10. The van der Waals surface area contributed by atoms with Gasteiger partial charge in [-0.1, -0.05) is 0 Å². The van der Waals surface area contributed by atoms with Crippen molar-refractivity contribution in [1.29, 1.82) is 5.26 Å². The molecule has 8 heteroatoms. The molecule has 0 atom stereocenters. The number of hydrogen-bond acceptors (Lipinski definition) is 4. The zero-order valence-corrected chi connectivity index (χ0v) is 8.15. The summed E-state index contributed by atoms with van der Waals surface area (Å²) in [6.07, 6.45) is -5.70. The highest BCUT2D eigenvalue weighted by Gasteiger charge is 2.32. The number of nitrogens with zero attached hydrogens (tertiary/aromatic N) is 2. The molecule has 0 aliphatic rings. The molecule has 0 bridgehead atoms. The van der Waals surface area contributed by atoms with Crippen molar-refractivity contribution < 1.29 is 27.8 Å². The van der Waals surface area contributed by atoms with Crippen LogP contribution < -0.4 is 4.74 Å². The lowest BCUT2D eigenvalue weighted by Gasteiger charge is -2.11. The van der Waals surface area contributed by atoms with Crippen molar-refractivity contribution >= 4 is 5.97 Å². The number of hydrogen-bond donors (Lipinski definition) is 1. The van der Waals surface area contributed by atoms with E-state index in [2.05, 4.69) is 9.72 Å². The highest BCUT2D eigenvalue weighted by Crippen LogP contribution is 2.25. The molecule has 0 amide bonds. The van der Waals surface area contributed by atoms with Crippen molar-refractivity contribution in [3.63, 3.8) is 0 Å². The SMILES string of the molecule is N#Cc1ccc(OC(F)(F)F)c(CC(=O)O)n1. The van der Waals surface area contributed by atoms with Crippen LogP contribution in [0, 0.1) is 11.3 Å². The second-order valence-corrected chi connectivity index (χ2v) is 2.87. The van der Waals surface area contributed by atoms with E-state index in [1.165, 1.54) is 0 Å². The van der Waals surface area contributed by atoms with E-state index in [9.17, 15) is 18.0 Å². The Morgan fingerprint density at radius 2 is 2.18 bits per heavy atom. The van der Waals surface area contributed by atoms with E-state index in [0.29, 0.717) is 0 Å². The Morgan fingerprint density at radius 1 is 1.53 bits per heavy atom. The molecule has 0 unspecified atom stereocenters. The monoisotopic (exact) mass is 246 g/mol. The average molecular weight is 246 g/mol. The number of ether oxygens (including phenoxy) is 1. The van der Waals surface area contributed by atoms with Crippen LogP contribution in [-0.4, -0.2) is 22.4 Å². The highest BCUT2D eigenvalue weighted by atomic mass is 19.4. The summed E-state index contributed by atoms with van der Waals surface area (Å²) in [4.78, 5) is 13.9. The standard InChI is InChI=1S/C9H5F3N2O3/c10-9(11,12)17-7-2-1-5(4-13)14-6(7)3-8(15)16/h1-2H,3H2,(H,15,16). The minimum absolute atomic E-state index is 0.184. The molecule has 5 nitrogen and oxygen atoms in total. The van der Waals surface area contributed by atoms with Crippen LogP contribution >= 0.6 is 0 Å². The zero-order valence-electron chi connectivity index (χ0n) is 8.15. The van der Waals surface area contributed by atoms with Gasteiger partial charge in [-0.3, -0.25) is 4.79 Å². The Bertz CT molecular complexity index is 479. The van der Waals surface area contributed by atoms with E-state index in [4.69, 9.17) is 10.4 Å². The molecule has 17 heavy (non-hydrogen) atoms. The van der Waals surface area contributed by atoms with Crippen LogP contribution in [0.2, 0.25) is 0 Å². The molecule has 0 aliphatic heterocycles. The van der Waals surface area contributed by atoms with Gasteiger partial charge in [-0.15, -0.1) is 13.2 Å². The van der Waals surface area contributed by atoms with Gasteiger partial charge >= 0.3 is 12.3 Å². The van der Waals surface area contributed by atoms with Crippen molar-refractivity contribution in [2.24, 2.45) is 0 Å². The Labute approximate surface area is 93.1 Å². The summed E-state index contributed by atoms with van der Waals surface area (Å²) in [5.41, 5.74) is -0.635. The van der Waals surface area contributed by atoms with Crippen LogP contribution in [0.4, 0.5) is 13.2 Å². The van der Waals surface area contributed by atoms with E-state index in [1.807, 2.05) is 0 Å². The molecule has 90 valence electrons. The fraction of sp³-hybridized carbons (Fsp3) is 0.222. The fourth-order valence-electron chi connectivity index (χ4n) is 1.04. The van der Waals surface area contributed by atoms with E-state index in [0.717, 1.165) is 12.1 Å². The second-order valence-electron chi connectivity index (χ2n) is 2.87. The predicted octanol–water partition coefficient (Wildman–Crippen LogP) is 1.48. The zero-order chi connectivity index (χ0) is 13.1. The maximum atomic E-state index is 12.0. The third-order valence-corrected chi connectivity index (χ3v) is 1.59.